The van der Waals surface area contributed by atoms with Crippen LogP contribution in [0.1, 0.15) is 25.7 Å². The van der Waals surface area contributed by atoms with Gasteiger partial charge in [0.05, 0.1) is 7.11 Å². The lowest BCUT2D eigenvalue weighted by molar-refractivity contribution is -0.128. The second kappa shape index (κ2) is 11.6. The Morgan fingerprint density at radius 2 is 1.53 bits per heavy atom. The van der Waals surface area contributed by atoms with E-state index in [1.807, 2.05) is 6.07 Å². The van der Waals surface area contributed by atoms with Crippen LogP contribution in [0.3, 0.4) is 0 Å². The molecular formula is C25H31BrN6O4. The van der Waals surface area contributed by atoms with Gasteiger partial charge in [0.1, 0.15) is 5.75 Å². The summed E-state index contributed by atoms with van der Waals surface area (Å²) in [4.78, 5) is 42.6. The van der Waals surface area contributed by atoms with Crippen molar-refractivity contribution in [2.75, 3.05) is 30.8 Å². The van der Waals surface area contributed by atoms with E-state index in [0.717, 1.165) is 30.2 Å². The van der Waals surface area contributed by atoms with E-state index in [4.69, 9.17) is 10.5 Å². The number of urea groups is 2. The topological polar surface area (TPSA) is 129 Å². The largest absolute Gasteiger partial charge is 0.497 e. The normalized spacial score (nSPS) is 21.6. The van der Waals surface area contributed by atoms with E-state index in [1.165, 1.54) is 9.80 Å². The number of rotatable bonds is 5. The molecule has 1 saturated heterocycles. The van der Waals surface area contributed by atoms with Gasteiger partial charge in [0.15, 0.2) is 6.17 Å². The number of hydrogen-bond donors (Lipinski definition) is 4. The molecule has 2 aliphatic rings. The van der Waals surface area contributed by atoms with Crippen LogP contribution in [0.25, 0.3) is 0 Å². The molecule has 1 unspecified atom stereocenters. The quantitative estimate of drug-likeness (QED) is 0.446. The van der Waals surface area contributed by atoms with Crippen LogP contribution >= 0.6 is 15.9 Å². The molecule has 1 aliphatic carbocycles. The number of benzene rings is 2. The van der Waals surface area contributed by atoms with Gasteiger partial charge in [0.25, 0.3) is 5.91 Å². The van der Waals surface area contributed by atoms with Crippen molar-refractivity contribution in [3.05, 3.63) is 53.0 Å². The van der Waals surface area contributed by atoms with E-state index in [9.17, 15) is 14.4 Å². The number of carbonyl (C=O) groups is 3. The van der Waals surface area contributed by atoms with Crippen LogP contribution in [0, 0.1) is 0 Å². The lowest BCUT2D eigenvalue weighted by Crippen LogP contribution is -2.57. The van der Waals surface area contributed by atoms with Crippen molar-refractivity contribution >= 4 is 45.3 Å². The summed E-state index contributed by atoms with van der Waals surface area (Å²) >= 11 is 3.39. The van der Waals surface area contributed by atoms with Gasteiger partial charge in [-0.2, -0.15) is 0 Å². The van der Waals surface area contributed by atoms with Crippen molar-refractivity contribution in [3.63, 3.8) is 0 Å². The number of amides is 5. The molecule has 4 rings (SSSR count). The van der Waals surface area contributed by atoms with Gasteiger partial charge in [0, 0.05) is 41.0 Å². The Morgan fingerprint density at radius 1 is 0.917 bits per heavy atom. The van der Waals surface area contributed by atoms with Crippen LogP contribution in [0.15, 0.2) is 53.0 Å². The van der Waals surface area contributed by atoms with Gasteiger partial charge in [-0.15, -0.1) is 0 Å². The number of methoxy groups -OCH3 is 1. The molecule has 11 heteroatoms. The van der Waals surface area contributed by atoms with Crippen LogP contribution in [0.5, 0.6) is 5.75 Å². The third-order valence-electron chi connectivity index (χ3n) is 6.46. The van der Waals surface area contributed by atoms with Gasteiger partial charge >= 0.3 is 12.1 Å². The number of nitrogens with one attached hydrogen (secondary N) is 3. The molecule has 2 aromatic carbocycles. The first-order valence-corrected chi connectivity index (χ1v) is 12.7. The van der Waals surface area contributed by atoms with Crippen molar-refractivity contribution in [3.8, 4) is 5.75 Å². The molecule has 36 heavy (non-hydrogen) atoms. The van der Waals surface area contributed by atoms with Crippen LogP contribution in [0.2, 0.25) is 0 Å². The molecular weight excluding hydrogens is 528 g/mol. The lowest BCUT2D eigenvalue weighted by atomic mass is 9.92. The second-order valence-corrected chi connectivity index (χ2v) is 9.90. The number of nitrogens with two attached hydrogens (primary N) is 1. The van der Waals surface area contributed by atoms with Crippen molar-refractivity contribution in [1.82, 2.24) is 15.1 Å². The Kier molecular flexibility index (Phi) is 8.32. The third kappa shape index (κ3) is 6.27. The van der Waals surface area contributed by atoms with Crippen LogP contribution in [0.4, 0.5) is 21.0 Å². The molecule has 0 aromatic heterocycles. The summed E-state index contributed by atoms with van der Waals surface area (Å²) in [6.45, 7) is 0.422. The Hall–Kier alpha value is -3.31. The minimum atomic E-state index is -1.09. The minimum absolute atomic E-state index is 0.0422. The number of nitrogens with zero attached hydrogens (tertiary/aromatic N) is 2. The average Bonchev–Trinajstić information content (AvgIpc) is 3.32. The summed E-state index contributed by atoms with van der Waals surface area (Å²) in [5.41, 5.74) is 7.14. The maximum absolute atomic E-state index is 13.5. The number of carbonyl (C=O) groups excluding carboxylic acids is 3. The average molecular weight is 559 g/mol. The highest BCUT2D eigenvalue weighted by atomic mass is 79.9. The van der Waals surface area contributed by atoms with Crippen molar-refractivity contribution in [2.24, 2.45) is 5.73 Å². The van der Waals surface area contributed by atoms with Gasteiger partial charge < -0.3 is 26.4 Å². The monoisotopic (exact) mass is 558 g/mol. The molecule has 1 saturated carbocycles. The molecule has 0 spiro atoms. The predicted molar refractivity (Wildman–Crippen MR) is 141 cm³/mol. The third-order valence-corrected chi connectivity index (χ3v) is 6.96. The summed E-state index contributed by atoms with van der Waals surface area (Å²) < 4.78 is 5.97. The molecule has 5 N–H and O–H groups in total. The first-order valence-electron chi connectivity index (χ1n) is 11.9. The van der Waals surface area contributed by atoms with Gasteiger partial charge in [-0.25, -0.2) is 9.59 Å². The van der Waals surface area contributed by atoms with E-state index in [1.54, 1.807) is 49.6 Å². The highest BCUT2D eigenvalue weighted by molar-refractivity contribution is 9.10. The fraction of sp³-hybridized carbons (Fsp3) is 0.400. The maximum Gasteiger partial charge on any atom is 0.323 e. The summed E-state index contributed by atoms with van der Waals surface area (Å²) in [7, 11) is 1.56. The first-order chi connectivity index (χ1) is 17.3. The number of ether oxygens (including phenoxy) is 1. The molecule has 1 heterocycles. The summed E-state index contributed by atoms with van der Waals surface area (Å²) in [6.07, 6.45) is 2.09. The molecule has 2 aromatic rings. The first kappa shape index (κ1) is 25.8. The van der Waals surface area contributed by atoms with Crippen molar-refractivity contribution in [1.29, 1.82) is 0 Å². The molecule has 1 aliphatic heterocycles. The molecule has 2 fully saturated rings. The molecule has 192 valence electrons. The van der Waals surface area contributed by atoms with Crippen molar-refractivity contribution < 1.29 is 19.1 Å². The summed E-state index contributed by atoms with van der Waals surface area (Å²) in [5.74, 6) is 0.274. The van der Waals surface area contributed by atoms with Crippen LogP contribution in [-0.4, -0.2) is 66.2 Å². The lowest BCUT2D eigenvalue weighted by Gasteiger charge is -2.32. The van der Waals surface area contributed by atoms with E-state index in [0.29, 0.717) is 17.1 Å². The van der Waals surface area contributed by atoms with Crippen LogP contribution < -0.4 is 26.4 Å². The zero-order valence-corrected chi connectivity index (χ0v) is 21.7. The van der Waals surface area contributed by atoms with E-state index >= 15 is 0 Å². The highest BCUT2D eigenvalue weighted by Crippen LogP contribution is 2.23. The van der Waals surface area contributed by atoms with Gasteiger partial charge in [0.2, 0.25) is 0 Å². The van der Waals surface area contributed by atoms with Gasteiger partial charge in [-0.3, -0.25) is 14.6 Å². The number of halogens is 1. The number of anilines is 2. The number of hydrogen-bond acceptors (Lipinski definition) is 5. The molecule has 5 amide bonds. The Morgan fingerprint density at radius 3 is 2.11 bits per heavy atom. The fourth-order valence-corrected chi connectivity index (χ4v) is 4.91. The van der Waals surface area contributed by atoms with E-state index in [-0.39, 0.29) is 31.1 Å². The maximum atomic E-state index is 13.5. The summed E-state index contributed by atoms with van der Waals surface area (Å²) in [6, 6.07) is 13.2. The molecule has 0 bridgehead atoms. The molecule has 1 atom stereocenters. The van der Waals surface area contributed by atoms with Crippen LogP contribution in [-0.2, 0) is 4.79 Å². The molecule has 10 nitrogen and oxygen atoms in total. The Balaban J connectivity index is 1.51. The standard InChI is InChI=1S/C25H31BrN6O4/c1-36-21-11-9-19(10-12-21)29-24(34)31-13-14-32(25(35)30-20-4-2-3-16(26)15-20)23(31)22(33)28-18-7-5-17(27)6-8-18/h2-4,9-12,15,17-18,23H,5-8,13-14,27H2,1H3,(H,28,33)(H,29,34)(H,30,35). The minimum Gasteiger partial charge on any atom is -0.497 e. The van der Waals surface area contributed by atoms with Gasteiger partial charge in [-0.05, 0) is 68.1 Å². The fourth-order valence-electron chi connectivity index (χ4n) is 4.51. The highest BCUT2D eigenvalue weighted by Gasteiger charge is 2.43. The zero-order valence-electron chi connectivity index (χ0n) is 20.1. The molecule has 0 radical (unpaired) electrons. The second-order valence-electron chi connectivity index (χ2n) is 8.98. The van der Waals surface area contributed by atoms with Crippen molar-refractivity contribution in [2.45, 2.75) is 43.9 Å². The van der Waals surface area contributed by atoms with E-state index in [2.05, 4.69) is 31.9 Å². The zero-order chi connectivity index (χ0) is 25.7. The predicted octanol–water partition coefficient (Wildman–Crippen LogP) is 3.55. The SMILES string of the molecule is COc1ccc(NC(=O)N2CCN(C(=O)Nc3cccc(Br)c3)C2C(=O)NC2CCC(N)CC2)cc1. The smallest absolute Gasteiger partial charge is 0.323 e. The van der Waals surface area contributed by atoms with Gasteiger partial charge in [-0.1, -0.05) is 22.0 Å². The Bertz CT molecular complexity index is 1090. The Labute approximate surface area is 218 Å². The summed E-state index contributed by atoms with van der Waals surface area (Å²) in [5, 5.41) is 8.69. The van der Waals surface area contributed by atoms with E-state index < -0.39 is 18.2 Å².